The minimum absolute atomic E-state index is 0.0247. The van der Waals surface area contributed by atoms with Gasteiger partial charge in [-0.2, -0.15) is 0 Å². The van der Waals surface area contributed by atoms with E-state index in [0.717, 1.165) is 5.56 Å². The smallest absolute Gasteiger partial charge is 0.303 e. The van der Waals surface area contributed by atoms with Crippen LogP contribution >= 0.6 is 0 Å². The lowest BCUT2D eigenvalue weighted by atomic mass is 10.0. The zero-order valence-electron chi connectivity index (χ0n) is 12.2. The van der Waals surface area contributed by atoms with Crippen molar-refractivity contribution in [3.63, 3.8) is 0 Å². The van der Waals surface area contributed by atoms with Gasteiger partial charge in [-0.15, -0.1) is 0 Å². The van der Waals surface area contributed by atoms with Gasteiger partial charge >= 0.3 is 5.97 Å². The highest BCUT2D eigenvalue weighted by Gasteiger charge is 2.03. The van der Waals surface area contributed by atoms with Crippen LogP contribution in [0.4, 0.5) is 0 Å². The highest BCUT2D eigenvalue weighted by atomic mass is 16.4. The van der Waals surface area contributed by atoms with E-state index in [-0.39, 0.29) is 12.3 Å². The first-order chi connectivity index (χ1) is 9.49. The SMILES string of the molecule is CC(C)c1ccc(CNC(=O)CCCCC(=O)O)cc1. The maximum atomic E-state index is 11.6. The Labute approximate surface area is 120 Å². The van der Waals surface area contributed by atoms with E-state index in [4.69, 9.17) is 5.11 Å². The molecule has 20 heavy (non-hydrogen) atoms. The van der Waals surface area contributed by atoms with Gasteiger partial charge in [0, 0.05) is 19.4 Å². The Bertz CT molecular complexity index is 438. The first kappa shape index (κ1) is 16.2. The van der Waals surface area contributed by atoms with Crippen LogP contribution in [-0.4, -0.2) is 17.0 Å². The molecule has 0 radical (unpaired) electrons. The predicted octanol–water partition coefficient (Wildman–Crippen LogP) is 3.07. The summed E-state index contributed by atoms with van der Waals surface area (Å²) < 4.78 is 0. The fraction of sp³-hybridized carbons (Fsp3) is 0.500. The summed E-state index contributed by atoms with van der Waals surface area (Å²) in [5, 5.41) is 11.3. The number of carboxylic acids is 1. The van der Waals surface area contributed by atoms with Crippen molar-refractivity contribution >= 4 is 11.9 Å². The summed E-state index contributed by atoms with van der Waals surface area (Å²) >= 11 is 0. The summed E-state index contributed by atoms with van der Waals surface area (Å²) in [5.74, 6) is -0.327. The lowest BCUT2D eigenvalue weighted by molar-refractivity contribution is -0.137. The van der Waals surface area contributed by atoms with Crippen molar-refractivity contribution in [3.05, 3.63) is 35.4 Å². The molecule has 0 heterocycles. The van der Waals surface area contributed by atoms with E-state index >= 15 is 0 Å². The van der Waals surface area contributed by atoms with E-state index in [1.807, 2.05) is 12.1 Å². The quantitative estimate of drug-likeness (QED) is 0.718. The van der Waals surface area contributed by atoms with Crippen LogP contribution in [0.3, 0.4) is 0 Å². The molecule has 110 valence electrons. The van der Waals surface area contributed by atoms with Crippen molar-refractivity contribution in [2.75, 3.05) is 0 Å². The average Bonchev–Trinajstić information content (AvgIpc) is 2.41. The summed E-state index contributed by atoms with van der Waals surface area (Å²) in [6, 6.07) is 8.22. The van der Waals surface area contributed by atoms with Crippen molar-refractivity contribution in [1.29, 1.82) is 0 Å². The summed E-state index contributed by atoms with van der Waals surface area (Å²) in [5.41, 5.74) is 2.36. The predicted molar refractivity (Wildman–Crippen MR) is 78.5 cm³/mol. The number of nitrogens with one attached hydrogen (secondary N) is 1. The van der Waals surface area contributed by atoms with Crippen molar-refractivity contribution < 1.29 is 14.7 Å². The monoisotopic (exact) mass is 277 g/mol. The van der Waals surface area contributed by atoms with Gasteiger partial charge in [0.1, 0.15) is 0 Å². The van der Waals surface area contributed by atoms with Gasteiger partial charge in [-0.25, -0.2) is 0 Å². The third-order valence-corrected chi connectivity index (χ3v) is 3.18. The third kappa shape index (κ3) is 6.36. The van der Waals surface area contributed by atoms with Crippen LogP contribution < -0.4 is 5.32 Å². The zero-order valence-corrected chi connectivity index (χ0v) is 12.2. The molecule has 0 aliphatic carbocycles. The summed E-state index contributed by atoms with van der Waals surface area (Å²) in [7, 11) is 0. The van der Waals surface area contributed by atoms with Gasteiger partial charge in [-0.3, -0.25) is 9.59 Å². The van der Waals surface area contributed by atoms with E-state index in [1.54, 1.807) is 0 Å². The van der Waals surface area contributed by atoms with Crippen LogP contribution in [0.2, 0.25) is 0 Å². The molecule has 1 aromatic carbocycles. The van der Waals surface area contributed by atoms with Gasteiger partial charge < -0.3 is 10.4 Å². The summed E-state index contributed by atoms with van der Waals surface area (Å²) in [6.45, 7) is 4.82. The number of rotatable bonds is 8. The molecule has 0 bridgehead atoms. The molecule has 0 saturated heterocycles. The normalized spacial score (nSPS) is 10.6. The summed E-state index contributed by atoms with van der Waals surface area (Å²) in [4.78, 5) is 21.9. The molecule has 4 nitrogen and oxygen atoms in total. The average molecular weight is 277 g/mol. The van der Waals surface area contributed by atoms with Crippen molar-refractivity contribution in [3.8, 4) is 0 Å². The number of hydrogen-bond donors (Lipinski definition) is 2. The van der Waals surface area contributed by atoms with Crippen LogP contribution in [0.25, 0.3) is 0 Å². The number of carboxylic acid groups (broad SMARTS) is 1. The molecule has 0 saturated carbocycles. The molecule has 1 aromatic rings. The fourth-order valence-electron chi connectivity index (χ4n) is 1.87. The molecule has 0 aliphatic heterocycles. The maximum Gasteiger partial charge on any atom is 0.303 e. The van der Waals surface area contributed by atoms with Gasteiger partial charge in [0.25, 0.3) is 0 Å². The third-order valence-electron chi connectivity index (χ3n) is 3.18. The van der Waals surface area contributed by atoms with E-state index in [9.17, 15) is 9.59 Å². The molecule has 0 spiro atoms. The largest absolute Gasteiger partial charge is 0.481 e. The lowest BCUT2D eigenvalue weighted by Crippen LogP contribution is -2.22. The topological polar surface area (TPSA) is 66.4 Å². The zero-order chi connectivity index (χ0) is 15.0. The van der Waals surface area contributed by atoms with Crippen LogP contribution in [0.1, 0.15) is 56.6 Å². The van der Waals surface area contributed by atoms with E-state index < -0.39 is 5.97 Å². The van der Waals surface area contributed by atoms with Gasteiger partial charge in [-0.1, -0.05) is 38.1 Å². The van der Waals surface area contributed by atoms with Gasteiger partial charge in [0.2, 0.25) is 5.91 Å². The second kappa shape index (κ2) is 8.35. The number of carbonyl (C=O) groups excluding carboxylic acids is 1. The Morgan fingerprint density at radius 3 is 2.25 bits per heavy atom. The second-order valence-electron chi connectivity index (χ2n) is 5.27. The van der Waals surface area contributed by atoms with Gasteiger partial charge in [0.15, 0.2) is 0 Å². The summed E-state index contributed by atoms with van der Waals surface area (Å²) in [6.07, 6.45) is 1.68. The molecule has 0 aromatic heterocycles. The van der Waals surface area contributed by atoms with E-state index in [2.05, 4.69) is 31.3 Å². The first-order valence-corrected chi connectivity index (χ1v) is 7.06. The van der Waals surface area contributed by atoms with Crippen LogP contribution in [-0.2, 0) is 16.1 Å². The Hall–Kier alpha value is -1.84. The maximum absolute atomic E-state index is 11.6. The highest BCUT2D eigenvalue weighted by Crippen LogP contribution is 2.14. The molecule has 0 aliphatic rings. The van der Waals surface area contributed by atoms with Crippen LogP contribution in [0, 0.1) is 0 Å². The standard InChI is InChI=1S/C16H23NO3/c1-12(2)14-9-7-13(8-10-14)11-17-15(18)5-3-4-6-16(19)20/h7-10,12H,3-6,11H2,1-2H3,(H,17,18)(H,19,20). The minimum Gasteiger partial charge on any atom is -0.481 e. The van der Waals surface area contributed by atoms with E-state index in [1.165, 1.54) is 5.56 Å². The molecule has 1 rings (SSSR count). The van der Waals surface area contributed by atoms with Gasteiger partial charge in [-0.05, 0) is 29.9 Å². The first-order valence-electron chi connectivity index (χ1n) is 7.06. The Kier molecular flexibility index (Phi) is 6.77. The van der Waals surface area contributed by atoms with Crippen molar-refractivity contribution in [2.24, 2.45) is 0 Å². The molecule has 0 unspecified atom stereocenters. The minimum atomic E-state index is -0.810. The van der Waals surface area contributed by atoms with Crippen molar-refractivity contribution in [2.45, 2.75) is 52.0 Å². The highest BCUT2D eigenvalue weighted by molar-refractivity contribution is 5.75. The molecule has 4 heteroatoms. The van der Waals surface area contributed by atoms with Crippen molar-refractivity contribution in [1.82, 2.24) is 5.32 Å². The number of hydrogen-bond acceptors (Lipinski definition) is 2. The molecular formula is C16H23NO3. The molecule has 2 N–H and O–H groups in total. The number of amides is 1. The molecular weight excluding hydrogens is 254 g/mol. The Morgan fingerprint density at radius 1 is 1.10 bits per heavy atom. The molecule has 0 fully saturated rings. The lowest BCUT2D eigenvalue weighted by Gasteiger charge is -2.08. The molecule has 1 amide bonds. The Balaban J connectivity index is 2.25. The fourth-order valence-corrected chi connectivity index (χ4v) is 1.87. The molecule has 0 atom stereocenters. The number of aliphatic carboxylic acids is 1. The van der Waals surface area contributed by atoms with Crippen LogP contribution in [0.15, 0.2) is 24.3 Å². The number of carbonyl (C=O) groups is 2. The number of unbranched alkanes of at least 4 members (excludes halogenated alkanes) is 1. The Morgan fingerprint density at radius 2 is 1.70 bits per heavy atom. The second-order valence-corrected chi connectivity index (χ2v) is 5.27. The number of benzene rings is 1. The van der Waals surface area contributed by atoms with E-state index in [0.29, 0.717) is 31.7 Å². The van der Waals surface area contributed by atoms with Crippen LogP contribution in [0.5, 0.6) is 0 Å². The van der Waals surface area contributed by atoms with Gasteiger partial charge in [0.05, 0.1) is 0 Å².